The van der Waals surface area contributed by atoms with Crippen LogP contribution in [-0.2, 0) is 0 Å². The van der Waals surface area contributed by atoms with E-state index in [4.69, 9.17) is 0 Å². The maximum absolute atomic E-state index is 12.5. The van der Waals surface area contributed by atoms with E-state index in [0.29, 0.717) is 17.7 Å². The second-order valence-electron chi connectivity index (χ2n) is 5.90. The zero-order chi connectivity index (χ0) is 16.0. The molecule has 2 aromatic rings. The van der Waals surface area contributed by atoms with E-state index in [1.54, 1.807) is 36.7 Å². The normalized spacial score (nSPS) is 20.3. The van der Waals surface area contributed by atoms with Gasteiger partial charge in [-0.1, -0.05) is 12.1 Å². The lowest BCUT2D eigenvalue weighted by atomic mass is 10.1. The Morgan fingerprint density at radius 1 is 1.04 bits per heavy atom. The number of rotatable bonds is 2. The summed E-state index contributed by atoms with van der Waals surface area (Å²) in [7, 11) is 0. The van der Waals surface area contributed by atoms with Crippen molar-refractivity contribution in [1.29, 1.82) is 0 Å². The number of carbonyl (C=O) groups excluding carboxylic acids is 2. The lowest BCUT2D eigenvalue weighted by molar-refractivity contribution is 0.0598. The molecule has 2 aliphatic rings. The summed E-state index contributed by atoms with van der Waals surface area (Å²) in [6.07, 6.45) is 4.33. The lowest BCUT2D eigenvalue weighted by Gasteiger charge is -2.23. The van der Waals surface area contributed by atoms with Crippen molar-refractivity contribution in [3.8, 4) is 0 Å². The molecule has 1 atom stereocenters. The Morgan fingerprint density at radius 3 is 2.26 bits per heavy atom. The summed E-state index contributed by atoms with van der Waals surface area (Å²) < 4.78 is 0. The van der Waals surface area contributed by atoms with E-state index < -0.39 is 0 Å². The van der Waals surface area contributed by atoms with Crippen LogP contribution in [0.25, 0.3) is 0 Å². The van der Waals surface area contributed by atoms with Crippen molar-refractivity contribution in [3.63, 3.8) is 0 Å². The SMILES string of the molecule is Cc1ncc(N2CCC(N3C(=O)c4ccccc4C3=O)C2)cn1. The van der Waals surface area contributed by atoms with Crippen molar-refractivity contribution in [1.82, 2.24) is 14.9 Å². The van der Waals surface area contributed by atoms with Gasteiger partial charge in [-0.3, -0.25) is 14.5 Å². The Balaban J connectivity index is 1.56. The molecule has 0 radical (unpaired) electrons. The molecule has 23 heavy (non-hydrogen) atoms. The van der Waals surface area contributed by atoms with Crippen LogP contribution in [0.1, 0.15) is 33.0 Å². The summed E-state index contributed by atoms with van der Waals surface area (Å²) >= 11 is 0. The highest BCUT2D eigenvalue weighted by Crippen LogP contribution is 2.29. The fourth-order valence-corrected chi connectivity index (χ4v) is 3.28. The van der Waals surface area contributed by atoms with Crippen molar-refractivity contribution in [2.24, 2.45) is 0 Å². The number of hydrogen-bond donors (Lipinski definition) is 0. The number of anilines is 1. The standard InChI is InChI=1S/C17H16N4O2/c1-11-18-8-13(9-19-11)20-7-6-12(10-20)21-16(22)14-4-2-3-5-15(14)17(21)23/h2-5,8-9,12H,6-7,10H2,1H3. The Labute approximate surface area is 133 Å². The minimum atomic E-state index is -0.183. The van der Waals surface area contributed by atoms with Crippen LogP contribution < -0.4 is 4.90 Å². The Bertz CT molecular complexity index is 752. The highest BCUT2D eigenvalue weighted by atomic mass is 16.2. The number of fused-ring (bicyclic) bond motifs is 1. The minimum Gasteiger partial charge on any atom is -0.367 e. The van der Waals surface area contributed by atoms with Gasteiger partial charge in [0.1, 0.15) is 5.82 Å². The van der Waals surface area contributed by atoms with Gasteiger partial charge in [0, 0.05) is 13.1 Å². The zero-order valence-electron chi connectivity index (χ0n) is 12.8. The monoisotopic (exact) mass is 308 g/mol. The molecule has 0 spiro atoms. The topological polar surface area (TPSA) is 66.4 Å². The average molecular weight is 308 g/mol. The molecule has 3 heterocycles. The van der Waals surface area contributed by atoms with Crippen LogP contribution in [0.5, 0.6) is 0 Å². The van der Waals surface area contributed by atoms with E-state index in [-0.39, 0.29) is 17.9 Å². The molecule has 4 rings (SSSR count). The Morgan fingerprint density at radius 2 is 1.65 bits per heavy atom. The van der Waals surface area contributed by atoms with E-state index in [9.17, 15) is 9.59 Å². The molecule has 0 saturated carbocycles. The maximum atomic E-state index is 12.5. The highest BCUT2D eigenvalue weighted by molar-refractivity contribution is 6.21. The van der Waals surface area contributed by atoms with E-state index in [0.717, 1.165) is 24.5 Å². The second kappa shape index (κ2) is 5.15. The summed E-state index contributed by atoms with van der Waals surface area (Å²) in [5.74, 6) is 0.361. The number of benzene rings is 1. The zero-order valence-corrected chi connectivity index (χ0v) is 12.8. The molecular weight excluding hydrogens is 292 g/mol. The molecule has 0 aliphatic carbocycles. The van der Waals surface area contributed by atoms with Gasteiger partial charge in [-0.15, -0.1) is 0 Å². The van der Waals surface area contributed by atoms with Crippen LogP contribution in [0.4, 0.5) is 5.69 Å². The quantitative estimate of drug-likeness (QED) is 0.789. The van der Waals surface area contributed by atoms with Gasteiger partial charge in [0.15, 0.2) is 0 Å². The predicted octanol–water partition coefficient (Wildman–Crippen LogP) is 1.66. The molecule has 0 N–H and O–H groups in total. The first-order chi connectivity index (χ1) is 11.1. The molecule has 2 aliphatic heterocycles. The van der Waals surface area contributed by atoms with Gasteiger partial charge < -0.3 is 4.90 Å². The Hall–Kier alpha value is -2.76. The summed E-state index contributed by atoms with van der Waals surface area (Å²) in [4.78, 5) is 37.0. The number of amides is 2. The molecular formula is C17H16N4O2. The van der Waals surface area contributed by atoms with Crippen molar-refractivity contribution in [2.75, 3.05) is 18.0 Å². The van der Waals surface area contributed by atoms with Gasteiger partial charge in [-0.2, -0.15) is 0 Å². The van der Waals surface area contributed by atoms with E-state index >= 15 is 0 Å². The third-order valence-corrected chi connectivity index (χ3v) is 4.49. The van der Waals surface area contributed by atoms with Gasteiger partial charge >= 0.3 is 0 Å². The average Bonchev–Trinajstić information content (AvgIpc) is 3.13. The van der Waals surface area contributed by atoms with Gasteiger partial charge in [-0.25, -0.2) is 9.97 Å². The van der Waals surface area contributed by atoms with Gasteiger partial charge in [-0.05, 0) is 25.5 Å². The number of nitrogens with zero attached hydrogens (tertiary/aromatic N) is 4. The number of aromatic nitrogens is 2. The fraction of sp³-hybridized carbons (Fsp3) is 0.294. The number of hydrogen-bond acceptors (Lipinski definition) is 5. The van der Waals surface area contributed by atoms with Crippen LogP contribution in [0.15, 0.2) is 36.7 Å². The van der Waals surface area contributed by atoms with Gasteiger partial charge in [0.2, 0.25) is 0 Å². The summed E-state index contributed by atoms with van der Waals surface area (Å²) in [6.45, 7) is 3.25. The van der Waals surface area contributed by atoms with Crippen LogP contribution in [-0.4, -0.2) is 45.8 Å². The third-order valence-electron chi connectivity index (χ3n) is 4.49. The third kappa shape index (κ3) is 2.18. The fourth-order valence-electron chi connectivity index (χ4n) is 3.28. The molecule has 1 aromatic heterocycles. The lowest BCUT2D eigenvalue weighted by Crippen LogP contribution is -2.41. The predicted molar refractivity (Wildman–Crippen MR) is 84.3 cm³/mol. The number of carbonyl (C=O) groups is 2. The van der Waals surface area contributed by atoms with Gasteiger partial charge in [0.05, 0.1) is 35.2 Å². The van der Waals surface area contributed by atoms with Crippen LogP contribution in [0, 0.1) is 6.92 Å². The van der Waals surface area contributed by atoms with Crippen LogP contribution >= 0.6 is 0 Å². The largest absolute Gasteiger partial charge is 0.367 e. The van der Waals surface area contributed by atoms with Gasteiger partial charge in [0.25, 0.3) is 11.8 Å². The highest BCUT2D eigenvalue weighted by Gasteiger charge is 2.42. The van der Waals surface area contributed by atoms with Crippen LogP contribution in [0.3, 0.4) is 0 Å². The molecule has 6 heteroatoms. The molecule has 1 saturated heterocycles. The summed E-state index contributed by atoms with van der Waals surface area (Å²) in [5, 5.41) is 0. The Kier molecular flexibility index (Phi) is 3.11. The molecule has 0 bridgehead atoms. The molecule has 1 aromatic carbocycles. The second-order valence-corrected chi connectivity index (χ2v) is 5.90. The molecule has 2 amide bonds. The molecule has 116 valence electrons. The minimum absolute atomic E-state index is 0.108. The van der Waals surface area contributed by atoms with Crippen molar-refractivity contribution in [3.05, 3.63) is 53.6 Å². The van der Waals surface area contributed by atoms with Crippen LogP contribution in [0.2, 0.25) is 0 Å². The summed E-state index contributed by atoms with van der Waals surface area (Å²) in [5.41, 5.74) is 1.94. The van der Waals surface area contributed by atoms with Crippen molar-refractivity contribution < 1.29 is 9.59 Å². The smallest absolute Gasteiger partial charge is 0.261 e. The first-order valence-electron chi connectivity index (χ1n) is 7.65. The van der Waals surface area contributed by atoms with E-state index in [1.165, 1.54) is 4.90 Å². The summed E-state index contributed by atoms with van der Waals surface area (Å²) in [6, 6.07) is 6.91. The van der Waals surface area contributed by atoms with Crippen molar-refractivity contribution in [2.45, 2.75) is 19.4 Å². The van der Waals surface area contributed by atoms with E-state index in [2.05, 4.69) is 14.9 Å². The number of imide groups is 1. The van der Waals surface area contributed by atoms with E-state index in [1.807, 2.05) is 6.92 Å². The maximum Gasteiger partial charge on any atom is 0.261 e. The molecule has 1 fully saturated rings. The number of aryl methyl sites for hydroxylation is 1. The molecule has 1 unspecified atom stereocenters. The molecule has 6 nitrogen and oxygen atoms in total. The first kappa shape index (κ1) is 13.9. The van der Waals surface area contributed by atoms with Crippen molar-refractivity contribution >= 4 is 17.5 Å². The first-order valence-corrected chi connectivity index (χ1v) is 7.65.